The zero-order valence-electron chi connectivity index (χ0n) is 22.3. The van der Waals surface area contributed by atoms with E-state index in [1.165, 1.54) is 0 Å². The van der Waals surface area contributed by atoms with Gasteiger partial charge < -0.3 is 14.7 Å². The molecule has 0 spiro atoms. The normalized spacial score (nSPS) is 13.8. The third-order valence-corrected chi connectivity index (χ3v) is 6.10. The Kier molecular flexibility index (Phi) is 17.2. The van der Waals surface area contributed by atoms with Gasteiger partial charge in [0.2, 0.25) is 0 Å². The van der Waals surface area contributed by atoms with Crippen molar-refractivity contribution in [1.82, 2.24) is 9.80 Å². The van der Waals surface area contributed by atoms with Gasteiger partial charge in [-0.3, -0.25) is 9.69 Å². The van der Waals surface area contributed by atoms with Crippen molar-refractivity contribution >= 4 is 18.6 Å². The number of carbonyl (C=O) groups excluding carboxylic acids is 1. The molecule has 0 aromatic heterocycles. The lowest BCUT2D eigenvalue weighted by Crippen LogP contribution is -2.43. The highest BCUT2D eigenvalue weighted by molar-refractivity contribution is 7.81. The Bertz CT molecular complexity index is 552. The monoisotopic (exact) mass is 484 g/mol. The van der Waals surface area contributed by atoms with E-state index in [4.69, 9.17) is 17.4 Å². The number of nitrogens with zero attached hydrogens (tertiary/aromatic N) is 2. The number of rotatable bonds is 20. The van der Waals surface area contributed by atoms with Gasteiger partial charge in [0, 0.05) is 26.1 Å². The number of aliphatic hydroxyl groups is 1. The molecule has 1 unspecified atom stereocenters. The van der Waals surface area contributed by atoms with Gasteiger partial charge in [-0.2, -0.15) is 12.6 Å². The van der Waals surface area contributed by atoms with Crippen molar-refractivity contribution in [2.45, 2.75) is 97.0 Å². The van der Waals surface area contributed by atoms with Crippen LogP contribution in [0.4, 0.5) is 0 Å². The topological polar surface area (TPSA) is 53.0 Å². The average Bonchev–Trinajstić information content (AvgIpc) is 2.71. The molecule has 0 aromatic carbocycles. The smallest absolute Gasteiger partial charge is 0.307 e. The quantitative estimate of drug-likeness (QED) is 0.100. The molecule has 1 N–H and O–H groups in total. The van der Waals surface area contributed by atoms with E-state index < -0.39 is 5.60 Å². The summed E-state index contributed by atoms with van der Waals surface area (Å²) < 4.78 is 5.79. The molecule has 6 heteroatoms. The van der Waals surface area contributed by atoms with Crippen molar-refractivity contribution in [3.05, 3.63) is 24.8 Å². The van der Waals surface area contributed by atoms with E-state index in [1.54, 1.807) is 0 Å². The fourth-order valence-corrected chi connectivity index (χ4v) is 4.11. The molecule has 33 heavy (non-hydrogen) atoms. The molecule has 0 saturated heterocycles. The summed E-state index contributed by atoms with van der Waals surface area (Å²) in [5.74, 6) is 0.351. The molecule has 0 aliphatic rings. The lowest BCUT2D eigenvalue weighted by Gasteiger charge is -2.35. The second-order valence-corrected chi connectivity index (χ2v) is 11.2. The van der Waals surface area contributed by atoms with Crippen LogP contribution in [0.25, 0.3) is 0 Å². The molecule has 0 aliphatic heterocycles. The Labute approximate surface area is 210 Å². The van der Waals surface area contributed by atoms with Gasteiger partial charge in [-0.15, -0.1) is 6.58 Å². The van der Waals surface area contributed by atoms with Gasteiger partial charge in [-0.1, -0.05) is 38.5 Å². The zero-order chi connectivity index (χ0) is 25.3. The van der Waals surface area contributed by atoms with E-state index in [0.717, 1.165) is 51.7 Å². The van der Waals surface area contributed by atoms with Crippen LogP contribution in [-0.2, 0) is 9.53 Å². The molecule has 0 aliphatic carbocycles. The Morgan fingerprint density at radius 2 is 1.76 bits per heavy atom. The minimum Gasteiger partial charge on any atom is -0.459 e. The van der Waals surface area contributed by atoms with Crippen LogP contribution in [0.3, 0.4) is 0 Å². The first-order valence-electron chi connectivity index (χ1n) is 12.8. The lowest BCUT2D eigenvalue weighted by atomic mass is 9.98. The van der Waals surface area contributed by atoms with Crippen LogP contribution in [-0.4, -0.2) is 70.7 Å². The van der Waals surface area contributed by atoms with Gasteiger partial charge in [0.05, 0.1) is 17.9 Å². The largest absolute Gasteiger partial charge is 0.459 e. The number of hydrogen-bond acceptors (Lipinski definition) is 6. The predicted molar refractivity (Wildman–Crippen MR) is 145 cm³/mol. The second kappa shape index (κ2) is 17.6. The number of allylic oxidation sites excluding steroid dienone is 2. The summed E-state index contributed by atoms with van der Waals surface area (Å²) in [7, 11) is 0. The Morgan fingerprint density at radius 3 is 2.30 bits per heavy atom. The molecule has 0 amide bonds. The summed E-state index contributed by atoms with van der Waals surface area (Å²) in [6.45, 7) is 20.6. The van der Waals surface area contributed by atoms with Crippen molar-refractivity contribution in [1.29, 1.82) is 0 Å². The Hall–Kier alpha value is -0.820. The standard InChI is InChI=1S/C27H52N2O3S/c1-8-14-24(10-3)15-11-12-17-26(4,5)32-25(31)16-21-29(27(6,7)33)20-13-19-28(18-9-2)22-23-30/h10-12,24,30,33H,3,8-9,13-23H2,1-2,4-7H3/b12-11-. The van der Waals surface area contributed by atoms with Crippen LogP contribution in [0.2, 0.25) is 0 Å². The molecule has 0 fully saturated rings. The van der Waals surface area contributed by atoms with Crippen LogP contribution < -0.4 is 0 Å². The minimum absolute atomic E-state index is 0.168. The summed E-state index contributed by atoms with van der Waals surface area (Å²) in [5, 5.41) is 9.24. The van der Waals surface area contributed by atoms with Gasteiger partial charge >= 0.3 is 5.97 Å². The van der Waals surface area contributed by atoms with Gasteiger partial charge in [0.1, 0.15) is 5.60 Å². The number of thiol groups is 1. The summed E-state index contributed by atoms with van der Waals surface area (Å²) >= 11 is 4.75. The maximum atomic E-state index is 12.6. The van der Waals surface area contributed by atoms with Crippen LogP contribution >= 0.6 is 12.6 Å². The Morgan fingerprint density at radius 1 is 1.06 bits per heavy atom. The van der Waals surface area contributed by atoms with Crippen LogP contribution in [0, 0.1) is 5.92 Å². The first-order valence-corrected chi connectivity index (χ1v) is 13.2. The summed E-state index contributed by atoms with van der Waals surface area (Å²) in [6, 6.07) is 0. The van der Waals surface area contributed by atoms with E-state index in [2.05, 4.69) is 56.2 Å². The fraction of sp³-hybridized carbons (Fsp3) is 0.815. The number of aliphatic hydroxyl groups excluding tert-OH is 1. The number of ether oxygens (including phenoxy) is 1. The fourth-order valence-electron chi connectivity index (χ4n) is 3.91. The molecule has 0 saturated carbocycles. The summed E-state index contributed by atoms with van der Waals surface area (Å²) in [4.78, 5) is 16.8. The maximum absolute atomic E-state index is 12.6. The second-order valence-electron chi connectivity index (χ2n) is 10.1. The molecule has 194 valence electrons. The van der Waals surface area contributed by atoms with Crippen molar-refractivity contribution in [3.63, 3.8) is 0 Å². The van der Waals surface area contributed by atoms with Crippen molar-refractivity contribution in [3.8, 4) is 0 Å². The highest BCUT2D eigenvalue weighted by Gasteiger charge is 2.25. The molecule has 0 aromatic rings. The number of hydrogen-bond donors (Lipinski definition) is 2. The van der Waals surface area contributed by atoms with E-state index in [0.29, 0.717) is 31.8 Å². The van der Waals surface area contributed by atoms with Crippen LogP contribution in [0.5, 0.6) is 0 Å². The zero-order valence-corrected chi connectivity index (χ0v) is 23.2. The van der Waals surface area contributed by atoms with E-state index >= 15 is 0 Å². The van der Waals surface area contributed by atoms with Gasteiger partial charge in [0.25, 0.3) is 0 Å². The molecular formula is C27H52N2O3S. The molecule has 1 atom stereocenters. The number of esters is 1. The van der Waals surface area contributed by atoms with Crippen LogP contribution in [0.15, 0.2) is 24.8 Å². The van der Waals surface area contributed by atoms with Gasteiger partial charge in [-0.25, -0.2) is 0 Å². The molecule has 0 bridgehead atoms. The molecule has 0 radical (unpaired) electrons. The highest BCUT2D eigenvalue weighted by Crippen LogP contribution is 2.21. The third-order valence-electron chi connectivity index (χ3n) is 5.82. The molecule has 5 nitrogen and oxygen atoms in total. The van der Waals surface area contributed by atoms with E-state index in [1.807, 2.05) is 19.9 Å². The van der Waals surface area contributed by atoms with Crippen LogP contribution in [0.1, 0.15) is 86.5 Å². The van der Waals surface area contributed by atoms with Gasteiger partial charge in [0.15, 0.2) is 0 Å². The van der Waals surface area contributed by atoms with Crippen molar-refractivity contribution in [2.24, 2.45) is 5.92 Å². The SMILES string of the molecule is C=CC(C/C=C\CC(C)(C)OC(=O)CCN(CCCN(CCC)CCO)C(C)(C)S)CCC. The first-order chi connectivity index (χ1) is 15.5. The highest BCUT2D eigenvalue weighted by atomic mass is 32.1. The minimum atomic E-state index is -0.520. The average molecular weight is 485 g/mol. The summed E-state index contributed by atoms with van der Waals surface area (Å²) in [6.07, 6.45) is 12.7. The lowest BCUT2D eigenvalue weighted by molar-refractivity contribution is -0.156. The Balaban J connectivity index is 4.58. The van der Waals surface area contributed by atoms with Crippen molar-refractivity contribution < 1.29 is 14.6 Å². The number of carbonyl (C=O) groups is 1. The van der Waals surface area contributed by atoms with E-state index in [9.17, 15) is 9.90 Å². The summed E-state index contributed by atoms with van der Waals surface area (Å²) in [5.41, 5.74) is -0.520. The van der Waals surface area contributed by atoms with Gasteiger partial charge in [-0.05, 0) is 72.4 Å². The molecular weight excluding hydrogens is 432 g/mol. The first kappa shape index (κ1) is 32.2. The molecule has 0 rings (SSSR count). The van der Waals surface area contributed by atoms with Crippen molar-refractivity contribution in [2.75, 3.05) is 39.3 Å². The maximum Gasteiger partial charge on any atom is 0.307 e. The van der Waals surface area contributed by atoms with E-state index in [-0.39, 0.29) is 17.4 Å². The molecule has 0 heterocycles. The third kappa shape index (κ3) is 16.4. The predicted octanol–water partition coefficient (Wildman–Crippen LogP) is 5.70.